The molecule has 18 heavy (non-hydrogen) atoms. The summed E-state index contributed by atoms with van der Waals surface area (Å²) in [5.41, 5.74) is 0.934. The highest BCUT2D eigenvalue weighted by molar-refractivity contribution is 9.10. The summed E-state index contributed by atoms with van der Waals surface area (Å²) in [5, 5.41) is 7.48. The summed E-state index contributed by atoms with van der Waals surface area (Å²) in [5.74, 6) is -1.68. The van der Waals surface area contributed by atoms with Gasteiger partial charge in [0.2, 0.25) is 5.78 Å². The number of carbonyl (C=O) groups excluding carboxylic acids is 2. The van der Waals surface area contributed by atoms with Crippen LogP contribution in [0.2, 0.25) is 0 Å². The SMILES string of the molecule is CCOC(=O)C(=N)C(=O)c1nc(C)c(C)cc1Br. The first kappa shape index (κ1) is 14.5. The molecule has 1 aromatic rings. The minimum Gasteiger partial charge on any atom is -0.461 e. The number of esters is 1. The number of Topliss-reactive ketones (excluding diaryl/α,β-unsaturated/α-hetero) is 1. The average molecular weight is 313 g/mol. The number of rotatable bonds is 4. The molecule has 0 saturated carbocycles. The van der Waals surface area contributed by atoms with Crippen molar-refractivity contribution >= 4 is 33.4 Å². The number of nitrogens with one attached hydrogen (secondary N) is 1. The summed E-state index contributed by atoms with van der Waals surface area (Å²) in [6.07, 6.45) is 0. The van der Waals surface area contributed by atoms with E-state index in [1.165, 1.54) is 0 Å². The molecule has 1 rings (SSSR count). The Labute approximate surface area is 113 Å². The van der Waals surface area contributed by atoms with Crippen LogP contribution in [0.5, 0.6) is 0 Å². The van der Waals surface area contributed by atoms with Crippen molar-refractivity contribution < 1.29 is 14.3 Å². The van der Waals surface area contributed by atoms with E-state index >= 15 is 0 Å². The molecule has 1 N–H and O–H groups in total. The van der Waals surface area contributed by atoms with Crippen molar-refractivity contribution in [3.05, 3.63) is 27.5 Å². The van der Waals surface area contributed by atoms with E-state index in [1.54, 1.807) is 19.9 Å². The fourth-order valence-electron chi connectivity index (χ4n) is 1.25. The van der Waals surface area contributed by atoms with Gasteiger partial charge in [0, 0.05) is 10.2 Å². The molecule has 6 heteroatoms. The number of halogens is 1. The Hall–Kier alpha value is -1.56. The number of ketones is 1. The average Bonchev–Trinajstić information content (AvgIpc) is 2.32. The molecule has 1 aromatic heterocycles. The number of aryl methyl sites for hydroxylation is 2. The predicted molar refractivity (Wildman–Crippen MR) is 70.1 cm³/mol. The second kappa shape index (κ2) is 5.86. The summed E-state index contributed by atoms with van der Waals surface area (Å²) >= 11 is 3.21. The zero-order chi connectivity index (χ0) is 13.9. The quantitative estimate of drug-likeness (QED) is 0.400. The zero-order valence-corrected chi connectivity index (χ0v) is 11.9. The van der Waals surface area contributed by atoms with Gasteiger partial charge in [-0.3, -0.25) is 10.2 Å². The maximum absolute atomic E-state index is 11.9. The fourth-order valence-corrected chi connectivity index (χ4v) is 1.86. The summed E-state index contributed by atoms with van der Waals surface area (Å²) in [6.45, 7) is 5.35. The van der Waals surface area contributed by atoms with Gasteiger partial charge in [0.25, 0.3) is 0 Å². The lowest BCUT2D eigenvalue weighted by atomic mass is 10.1. The highest BCUT2D eigenvalue weighted by Gasteiger charge is 2.24. The van der Waals surface area contributed by atoms with Crippen LogP contribution < -0.4 is 0 Å². The second-order valence-electron chi connectivity index (χ2n) is 3.65. The minimum atomic E-state index is -0.936. The van der Waals surface area contributed by atoms with Gasteiger partial charge in [-0.15, -0.1) is 0 Å². The van der Waals surface area contributed by atoms with Crippen LogP contribution in [-0.4, -0.2) is 29.1 Å². The van der Waals surface area contributed by atoms with Crippen LogP contribution in [0, 0.1) is 19.3 Å². The molecule has 5 nitrogen and oxygen atoms in total. The molecule has 0 aliphatic heterocycles. The molecule has 0 atom stereocenters. The van der Waals surface area contributed by atoms with Gasteiger partial charge in [-0.1, -0.05) is 0 Å². The standard InChI is InChI=1S/C12H13BrN2O3/c1-4-18-12(17)9(14)11(16)10-8(13)5-6(2)7(3)15-10/h5,14H,4H2,1-3H3. The van der Waals surface area contributed by atoms with E-state index in [9.17, 15) is 9.59 Å². The molecule has 0 amide bonds. The number of nitrogens with zero attached hydrogens (tertiary/aromatic N) is 1. The van der Waals surface area contributed by atoms with Crippen LogP contribution >= 0.6 is 15.9 Å². The molecule has 0 saturated heterocycles. The van der Waals surface area contributed by atoms with Crippen molar-refractivity contribution in [2.24, 2.45) is 0 Å². The lowest BCUT2D eigenvalue weighted by Gasteiger charge is -2.07. The fraction of sp³-hybridized carbons (Fsp3) is 0.333. The topological polar surface area (TPSA) is 80.1 Å². The molecule has 1 heterocycles. The number of aromatic nitrogens is 1. The first-order valence-electron chi connectivity index (χ1n) is 5.32. The van der Waals surface area contributed by atoms with Crippen molar-refractivity contribution in [3.8, 4) is 0 Å². The third kappa shape index (κ3) is 3.01. The first-order chi connectivity index (χ1) is 8.38. The number of ether oxygens (including phenoxy) is 1. The van der Waals surface area contributed by atoms with E-state index in [0.29, 0.717) is 10.2 Å². The normalized spacial score (nSPS) is 10.0. The van der Waals surface area contributed by atoms with Crippen molar-refractivity contribution in [1.82, 2.24) is 4.98 Å². The van der Waals surface area contributed by atoms with Gasteiger partial charge < -0.3 is 4.74 Å². The van der Waals surface area contributed by atoms with E-state index in [4.69, 9.17) is 5.41 Å². The second-order valence-corrected chi connectivity index (χ2v) is 4.50. The first-order valence-corrected chi connectivity index (χ1v) is 6.11. The number of hydrogen-bond acceptors (Lipinski definition) is 5. The Morgan fingerprint density at radius 3 is 2.61 bits per heavy atom. The maximum atomic E-state index is 11.9. The molecule has 0 spiro atoms. The third-order valence-electron chi connectivity index (χ3n) is 2.34. The lowest BCUT2D eigenvalue weighted by molar-refractivity contribution is -0.134. The Kier molecular flexibility index (Phi) is 4.72. The van der Waals surface area contributed by atoms with Crippen LogP contribution in [0.25, 0.3) is 0 Å². The molecule has 96 valence electrons. The van der Waals surface area contributed by atoms with Gasteiger partial charge in [0.05, 0.1) is 6.61 Å². The number of pyridine rings is 1. The van der Waals surface area contributed by atoms with E-state index in [-0.39, 0.29) is 12.3 Å². The Bertz CT molecular complexity index is 526. The van der Waals surface area contributed by atoms with E-state index in [1.807, 2.05) is 6.92 Å². The van der Waals surface area contributed by atoms with Gasteiger partial charge in [-0.25, -0.2) is 9.78 Å². The van der Waals surface area contributed by atoms with Gasteiger partial charge in [0.15, 0.2) is 5.71 Å². The molecule has 0 aliphatic rings. The van der Waals surface area contributed by atoms with Crippen molar-refractivity contribution in [3.63, 3.8) is 0 Å². The van der Waals surface area contributed by atoms with Gasteiger partial charge >= 0.3 is 5.97 Å². The molecular formula is C12H13BrN2O3. The molecule has 0 aromatic carbocycles. The minimum absolute atomic E-state index is 0.0520. The van der Waals surface area contributed by atoms with E-state index in [2.05, 4.69) is 25.7 Å². The molecule has 0 unspecified atom stereocenters. The molecule has 0 bridgehead atoms. The van der Waals surface area contributed by atoms with Crippen LogP contribution in [0.1, 0.15) is 28.7 Å². The highest BCUT2D eigenvalue weighted by atomic mass is 79.9. The van der Waals surface area contributed by atoms with Crippen LogP contribution in [0.4, 0.5) is 0 Å². The summed E-state index contributed by atoms with van der Waals surface area (Å²) < 4.78 is 5.08. The molecule has 0 fully saturated rings. The summed E-state index contributed by atoms with van der Waals surface area (Å²) in [7, 11) is 0. The van der Waals surface area contributed by atoms with Crippen molar-refractivity contribution in [1.29, 1.82) is 5.41 Å². The summed E-state index contributed by atoms with van der Waals surface area (Å²) in [6, 6.07) is 1.73. The maximum Gasteiger partial charge on any atom is 0.360 e. The summed E-state index contributed by atoms with van der Waals surface area (Å²) in [4.78, 5) is 27.3. The number of hydrogen-bond donors (Lipinski definition) is 1. The van der Waals surface area contributed by atoms with E-state index in [0.717, 1.165) is 5.56 Å². The zero-order valence-electron chi connectivity index (χ0n) is 10.3. The smallest absolute Gasteiger partial charge is 0.360 e. The van der Waals surface area contributed by atoms with Gasteiger partial charge in [-0.05, 0) is 48.3 Å². The molecular weight excluding hydrogens is 300 g/mol. The molecule has 0 aliphatic carbocycles. The number of carbonyl (C=O) groups is 2. The van der Waals surface area contributed by atoms with Crippen LogP contribution in [-0.2, 0) is 9.53 Å². The Morgan fingerprint density at radius 1 is 1.44 bits per heavy atom. The van der Waals surface area contributed by atoms with Gasteiger partial charge in [-0.2, -0.15) is 0 Å². The predicted octanol–water partition coefficient (Wildman–Crippen LogP) is 2.23. The third-order valence-corrected chi connectivity index (χ3v) is 2.95. The Balaban J connectivity index is 3.08. The molecule has 0 radical (unpaired) electrons. The highest BCUT2D eigenvalue weighted by Crippen LogP contribution is 2.19. The van der Waals surface area contributed by atoms with Crippen molar-refractivity contribution in [2.45, 2.75) is 20.8 Å². The van der Waals surface area contributed by atoms with Crippen LogP contribution in [0.3, 0.4) is 0 Å². The largest absolute Gasteiger partial charge is 0.461 e. The van der Waals surface area contributed by atoms with E-state index < -0.39 is 17.5 Å². The monoisotopic (exact) mass is 312 g/mol. The Morgan fingerprint density at radius 2 is 2.06 bits per heavy atom. The van der Waals surface area contributed by atoms with Crippen LogP contribution in [0.15, 0.2) is 10.5 Å². The van der Waals surface area contributed by atoms with Gasteiger partial charge in [0.1, 0.15) is 5.69 Å². The lowest BCUT2D eigenvalue weighted by Crippen LogP contribution is -2.26. The van der Waals surface area contributed by atoms with Crippen molar-refractivity contribution in [2.75, 3.05) is 6.61 Å².